The molecule has 1 aliphatic rings. The molecule has 1 saturated heterocycles. The monoisotopic (exact) mass is 390 g/mol. The molecule has 1 fully saturated rings. The molecule has 0 bridgehead atoms. The first-order valence-electron chi connectivity index (χ1n) is 7.93. The van der Waals surface area contributed by atoms with Crippen molar-refractivity contribution in [3.63, 3.8) is 0 Å². The first kappa shape index (κ1) is 16.8. The number of rotatable bonds is 3. The molecular weight excluding hydrogens is 372 g/mol. The highest BCUT2D eigenvalue weighted by molar-refractivity contribution is 9.10. The highest BCUT2D eigenvalue weighted by Crippen LogP contribution is 2.24. The Morgan fingerprint density at radius 2 is 2.00 bits per heavy atom. The average Bonchev–Trinajstić information content (AvgIpc) is 3.12. The van der Waals surface area contributed by atoms with Crippen LogP contribution in [0.5, 0.6) is 0 Å². The number of carbonyl (C=O) groups excluding carboxylic acids is 2. The van der Waals surface area contributed by atoms with Gasteiger partial charge in [-0.15, -0.1) is 0 Å². The highest BCUT2D eigenvalue weighted by Gasteiger charge is 2.28. The van der Waals surface area contributed by atoms with E-state index in [1.165, 1.54) is 12.5 Å². The topological polar surface area (TPSA) is 62.6 Å². The molecule has 3 rings (SSSR count). The zero-order chi connectivity index (χ0) is 17.1. The molecule has 126 valence electrons. The standard InChI is InChI=1S/C18H19BrN2O3/c1-12-2-3-15(19)10-16(12)20-17(22)13-4-7-21(8-5-13)18(23)14-6-9-24-11-14/h2-3,6,9-11,13H,4-5,7-8H2,1H3,(H,20,22). The number of carbonyl (C=O) groups is 2. The summed E-state index contributed by atoms with van der Waals surface area (Å²) < 4.78 is 5.89. The van der Waals surface area contributed by atoms with Gasteiger partial charge in [-0.3, -0.25) is 9.59 Å². The van der Waals surface area contributed by atoms with Gasteiger partial charge in [0.15, 0.2) is 0 Å². The lowest BCUT2D eigenvalue weighted by molar-refractivity contribution is -0.121. The number of amides is 2. The Morgan fingerprint density at radius 1 is 1.25 bits per heavy atom. The molecule has 24 heavy (non-hydrogen) atoms. The molecule has 2 amide bonds. The summed E-state index contributed by atoms with van der Waals surface area (Å²) in [5.41, 5.74) is 2.41. The summed E-state index contributed by atoms with van der Waals surface area (Å²) in [6.45, 7) is 3.13. The summed E-state index contributed by atoms with van der Waals surface area (Å²) >= 11 is 3.42. The van der Waals surface area contributed by atoms with Crippen LogP contribution in [0.25, 0.3) is 0 Å². The molecule has 5 nitrogen and oxygen atoms in total. The average molecular weight is 391 g/mol. The van der Waals surface area contributed by atoms with Crippen LogP contribution < -0.4 is 5.32 Å². The Balaban J connectivity index is 1.57. The second-order valence-corrected chi connectivity index (χ2v) is 6.94. The summed E-state index contributed by atoms with van der Waals surface area (Å²) in [5, 5.41) is 3.00. The Hall–Kier alpha value is -2.08. The Morgan fingerprint density at radius 3 is 2.67 bits per heavy atom. The largest absolute Gasteiger partial charge is 0.472 e. The van der Waals surface area contributed by atoms with Gasteiger partial charge in [-0.2, -0.15) is 0 Å². The summed E-state index contributed by atoms with van der Waals surface area (Å²) in [6.07, 6.45) is 4.29. The van der Waals surface area contributed by atoms with E-state index in [9.17, 15) is 9.59 Å². The fourth-order valence-corrected chi connectivity index (χ4v) is 3.24. The number of likely N-dealkylation sites (tertiary alicyclic amines) is 1. The maximum absolute atomic E-state index is 12.5. The number of benzene rings is 1. The molecule has 6 heteroatoms. The molecule has 0 saturated carbocycles. The van der Waals surface area contributed by atoms with Crippen LogP contribution in [-0.4, -0.2) is 29.8 Å². The van der Waals surface area contributed by atoms with Crippen molar-refractivity contribution in [2.24, 2.45) is 5.92 Å². The predicted molar refractivity (Wildman–Crippen MR) is 94.8 cm³/mol. The van der Waals surface area contributed by atoms with Crippen molar-refractivity contribution < 1.29 is 14.0 Å². The molecule has 0 aliphatic carbocycles. The lowest BCUT2D eigenvalue weighted by Crippen LogP contribution is -2.41. The van der Waals surface area contributed by atoms with Gasteiger partial charge in [0.1, 0.15) is 6.26 Å². The van der Waals surface area contributed by atoms with E-state index in [0.717, 1.165) is 15.7 Å². The molecule has 1 aromatic heterocycles. The molecule has 0 spiro atoms. The normalized spacial score (nSPS) is 15.3. The van der Waals surface area contributed by atoms with Crippen molar-refractivity contribution in [2.75, 3.05) is 18.4 Å². The summed E-state index contributed by atoms with van der Waals surface area (Å²) in [7, 11) is 0. The van der Waals surface area contributed by atoms with E-state index < -0.39 is 0 Å². The quantitative estimate of drug-likeness (QED) is 0.865. The van der Waals surface area contributed by atoms with Crippen molar-refractivity contribution >= 4 is 33.4 Å². The van der Waals surface area contributed by atoms with E-state index in [1.807, 2.05) is 25.1 Å². The number of halogens is 1. The Kier molecular flexibility index (Phi) is 5.04. The lowest BCUT2D eigenvalue weighted by atomic mass is 9.95. The molecule has 2 aromatic rings. The molecule has 2 heterocycles. The maximum atomic E-state index is 12.5. The fourth-order valence-electron chi connectivity index (χ4n) is 2.88. The number of anilines is 1. The van der Waals surface area contributed by atoms with Crippen molar-refractivity contribution in [1.82, 2.24) is 4.90 Å². The van der Waals surface area contributed by atoms with Crippen LogP contribution in [0.1, 0.15) is 28.8 Å². The summed E-state index contributed by atoms with van der Waals surface area (Å²) in [6, 6.07) is 7.48. The third kappa shape index (κ3) is 3.70. The van der Waals surface area contributed by atoms with Gasteiger partial charge < -0.3 is 14.6 Å². The van der Waals surface area contributed by atoms with Gasteiger partial charge in [0.2, 0.25) is 5.91 Å². The molecule has 0 atom stereocenters. The second-order valence-electron chi connectivity index (χ2n) is 6.03. The third-order valence-electron chi connectivity index (χ3n) is 4.38. The molecular formula is C18H19BrN2O3. The van der Waals surface area contributed by atoms with Crippen LogP contribution in [0.15, 0.2) is 45.7 Å². The smallest absolute Gasteiger partial charge is 0.257 e. The molecule has 0 radical (unpaired) electrons. The molecule has 1 aliphatic heterocycles. The molecule has 1 N–H and O–H groups in total. The SMILES string of the molecule is Cc1ccc(Br)cc1NC(=O)C1CCN(C(=O)c2ccoc2)CC1. The van der Waals surface area contributed by atoms with Gasteiger partial charge in [-0.05, 0) is 43.5 Å². The van der Waals surface area contributed by atoms with E-state index in [0.29, 0.717) is 31.5 Å². The number of nitrogens with zero attached hydrogens (tertiary/aromatic N) is 1. The van der Waals surface area contributed by atoms with E-state index in [1.54, 1.807) is 11.0 Å². The van der Waals surface area contributed by atoms with E-state index in [2.05, 4.69) is 21.2 Å². The minimum Gasteiger partial charge on any atom is -0.472 e. The van der Waals surface area contributed by atoms with Crippen LogP contribution in [0, 0.1) is 12.8 Å². The minimum atomic E-state index is -0.0724. The van der Waals surface area contributed by atoms with Gasteiger partial charge in [0, 0.05) is 29.2 Å². The van der Waals surface area contributed by atoms with Crippen molar-refractivity contribution in [1.29, 1.82) is 0 Å². The minimum absolute atomic E-state index is 0.0200. The van der Waals surface area contributed by atoms with E-state index in [4.69, 9.17) is 4.42 Å². The lowest BCUT2D eigenvalue weighted by Gasteiger charge is -2.31. The summed E-state index contributed by atoms with van der Waals surface area (Å²) in [4.78, 5) is 26.5. The van der Waals surface area contributed by atoms with Crippen LogP contribution in [-0.2, 0) is 4.79 Å². The summed E-state index contributed by atoms with van der Waals surface area (Å²) in [5.74, 6) is -0.0890. The predicted octanol–water partition coefficient (Wildman–Crippen LogP) is 3.84. The zero-order valence-corrected chi connectivity index (χ0v) is 15.0. The number of piperidine rings is 1. The van der Waals surface area contributed by atoms with Crippen molar-refractivity contribution in [3.8, 4) is 0 Å². The Labute approximate surface area is 149 Å². The number of hydrogen-bond donors (Lipinski definition) is 1. The van der Waals surface area contributed by atoms with Gasteiger partial charge in [0.25, 0.3) is 5.91 Å². The maximum Gasteiger partial charge on any atom is 0.257 e. The van der Waals surface area contributed by atoms with Crippen molar-refractivity contribution in [3.05, 3.63) is 52.4 Å². The fraction of sp³-hybridized carbons (Fsp3) is 0.333. The number of nitrogens with one attached hydrogen (secondary N) is 1. The van der Waals surface area contributed by atoms with Crippen LogP contribution in [0.4, 0.5) is 5.69 Å². The number of aryl methyl sites for hydroxylation is 1. The van der Waals surface area contributed by atoms with Crippen LogP contribution in [0.2, 0.25) is 0 Å². The molecule has 1 aromatic carbocycles. The van der Waals surface area contributed by atoms with Gasteiger partial charge in [-0.25, -0.2) is 0 Å². The van der Waals surface area contributed by atoms with E-state index >= 15 is 0 Å². The second kappa shape index (κ2) is 7.21. The first-order chi connectivity index (χ1) is 11.5. The van der Waals surface area contributed by atoms with Gasteiger partial charge in [-0.1, -0.05) is 22.0 Å². The third-order valence-corrected chi connectivity index (χ3v) is 4.87. The van der Waals surface area contributed by atoms with Crippen LogP contribution in [0.3, 0.4) is 0 Å². The van der Waals surface area contributed by atoms with Crippen LogP contribution >= 0.6 is 15.9 Å². The van der Waals surface area contributed by atoms with E-state index in [-0.39, 0.29) is 17.7 Å². The highest BCUT2D eigenvalue weighted by atomic mass is 79.9. The first-order valence-corrected chi connectivity index (χ1v) is 8.72. The number of furan rings is 1. The van der Waals surface area contributed by atoms with Gasteiger partial charge in [0.05, 0.1) is 11.8 Å². The number of hydrogen-bond acceptors (Lipinski definition) is 3. The molecule has 0 unspecified atom stereocenters. The van der Waals surface area contributed by atoms with Crippen molar-refractivity contribution in [2.45, 2.75) is 19.8 Å². The van der Waals surface area contributed by atoms with Gasteiger partial charge >= 0.3 is 0 Å². The Bertz CT molecular complexity index is 735. The zero-order valence-electron chi connectivity index (χ0n) is 13.4.